The molecule has 0 bridgehead atoms. The first-order valence-electron chi connectivity index (χ1n) is 21.1. The van der Waals surface area contributed by atoms with Crippen LogP contribution in [-0.2, 0) is 28.4 Å². The molecule has 0 amide bonds. The minimum Gasteiger partial charge on any atom is -0.394 e. The number of rotatable bonds is 14. The predicted octanol–water partition coefficient (Wildman–Crippen LogP) is 0.310. The van der Waals surface area contributed by atoms with Gasteiger partial charge in [0.25, 0.3) is 0 Å². The summed E-state index contributed by atoms with van der Waals surface area (Å²) in [4.78, 5) is 0. The third-order valence-corrected chi connectivity index (χ3v) is 16.0. The Morgan fingerprint density at radius 3 is 2.09 bits per heavy atom. The Balaban J connectivity index is 1.09. The van der Waals surface area contributed by atoms with E-state index >= 15 is 0 Å². The van der Waals surface area contributed by atoms with Crippen LogP contribution in [0.5, 0.6) is 0 Å². The van der Waals surface area contributed by atoms with Gasteiger partial charge in [-0.25, -0.2) is 0 Å². The molecule has 15 heteroatoms. The molecule has 0 spiro atoms. The molecule has 6 aliphatic rings. The molecule has 0 radical (unpaired) electrons. The monoisotopic (exact) mass is 804 g/mol. The van der Waals surface area contributed by atoms with Gasteiger partial charge in [0.05, 0.1) is 55.9 Å². The topological polar surface area (TPSA) is 237 Å². The van der Waals surface area contributed by atoms with Gasteiger partial charge in [-0.3, -0.25) is 0 Å². The molecule has 56 heavy (non-hydrogen) atoms. The maximum atomic E-state index is 12.7. The molecule has 9 N–H and O–H groups in total. The SMILES string of the molecule is COC1COC(OC2C(OCCC(CCC(C)C3C(O)C(O)C4C3(C)CCC3C5(C)CCC(O)C(O)C5C(O)CC34O)C(C)C)OC(CO)C2O)C(OC)C1O. The van der Waals surface area contributed by atoms with Crippen LogP contribution in [0.2, 0.25) is 0 Å². The Morgan fingerprint density at radius 2 is 1.45 bits per heavy atom. The molecule has 326 valence electrons. The fraction of sp³-hybridized carbons (Fsp3) is 1.00. The summed E-state index contributed by atoms with van der Waals surface area (Å²) in [5, 5.41) is 101. The number of aliphatic hydroxyl groups excluding tert-OH is 8. The minimum absolute atomic E-state index is 0.00541. The zero-order valence-corrected chi connectivity index (χ0v) is 34.3. The van der Waals surface area contributed by atoms with Crippen LogP contribution in [0.4, 0.5) is 0 Å². The molecule has 22 atom stereocenters. The number of hydrogen-bond acceptors (Lipinski definition) is 15. The minimum atomic E-state index is -1.45. The zero-order valence-electron chi connectivity index (χ0n) is 34.3. The van der Waals surface area contributed by atoms with Crippen LogP contribution in [0.1, 0.15) is 86.0 Å². The van der Waals surface area contributed by atoms with Crippen molar-refractivity contribution in [3.8, 4) is 0 Å². The van der Waals surface area contributed by atoms with Gasteiger partial charge in [0.15, 0.2) is 12.6 Å². The molecule has 15 nitrogen and oxygen atoms in total. The summed E-state index contributed by atoms with van der Waals surface area (Å²) >= 11 is 0. The molecular formula is C41H72O15. The summed E-state index contributed by atoms with van der Waals surface area (Å²) < 4.78 is 34.7. The molecule has 2 aliphatic heterocycles. The second-order valence-electron chi connectivity index (χ2n) is 19.2. The number of ether oxygens (including phenoxy) is 6. The average molecular weight is 805 g/mol. The summed E-state index contributed by atoms with van der Waals surface area (Å²) in [6, 6.07) is 0. The molecule has 0 aromatic carbocycles. The second kappa shape index (κ2) is 17.4. The van der Waals surface area contributed by atoms with Gasteiger partial charge < -0.3 is 74.4 Å². The van der Waals surface area contributed by atoms with Crippen LogP contribution in [-0.4, -0.2) is 165 Å². The molecule has 4 aliphatic carbocycles. The van der Waals surface area contributed by atoms with E-state index in [4.69, 9.17) is 28.4 Å². The smallest absolute Gasteiger partial charge is 0.187 e. The van der Waals surface area contributed by atoms with E-state index in [2.05, 4.69) is 27.7 Å². The summed E-state index contributed by atoms with van der Waals surface area (Å²) in [6.07, 6.45) is -8.66. The van der Waals surface area contributed by atoms with E-state index in [0.717, 1.165) is 12.8 Å². The van der Waals surface area contributed by atoms with E-state index in [0.29, 0.717) is 32.1 Å². The highest BCUT2D eigenvalue weighted by atomic mass is 16.8. The van der Waals surface area contributed by atoms with Gasteiger partial charge in [-0.15, -0.1) is 0 Å². The maximum Gasteiger partial charge on any atom is 0.187 e. The predicted molar refractivity (Wildman–Crippen MR) is 200 cm³/mol. The lowest BCUT2D eigenvalue weighted by molar-refractivity contribution is -0.309. The third-order valence-electron chi connectivity index (χ3n) is 16.0. The Kier molecular flexibility index (Phi) is 14.0. The van der Waals surface area contributed by atoms with Gasteiger partial charge in [0.1, 0.15) is 36.6 Å². The number of fused-ring (bicyclic) bond motifs is 5. The van der Waals surface area contributed by atoms with Crippen LogP contribution >= 0.6 is 0 Å². The first kappa shape index (κ1) is 44.9. The summed E-state index contributed by atoms with van der Waals surface area (Å²) in [7, 11) is 2.88. The average Bonchev–Trinajstić information content (AvgIpc) is 3.55. The van der Waals surface area contributed by atoms with Crippen LogP contribution in [0.3, 0.4) is 0 Å². The van der Waals surface area contributed by atoms with Crippen molar-refractivity contribution >= 4 is 0 Å². The normalized spacial score (nSPS) is 51.7. The number of hydrogen-bond donors (Lipinski definition) is 9. The van der Waals surface area contributed by atoms with Crippen molar-refractivity contribution in [3.05, 3.63) is 0 Å². The largest absolute Gasteiger partial charge is 0.394 e. The fourth-order valence-electron chi connectivity index (χ4n) is 13.0. The van der Waals surface area contributed by atoms with Crippen LogP contribution in [0.15, 0.2) is 0 Å². The lowest BCUT2D eigenvalue weighted by Gasteiger charge is -2.66. The van der Waals surface area contributed by atoms with E-state index in [9.17, 15) is 46.0 Å². The molecular weight excluding hydrogens is 732 g/mol. The van der Waals surface area contributed by atoms with E-state index in [1.807, 2.05) is 6.92 Å². The van der Waals surface area contributed by atoms with Crippen molar-refractivity contribution in [3.63, 3.8) is 0 Å². The quantitative estimate of drug-likeness (QED) is 0.115. The standard InChI is InChI=1S/C41H72O15/c1-19(2)21(12-15-53-38-35(30(46)24(17-42)55-38)56-37-34(52-7)31(47)25(51-6)18-54-37)9-8-20(3)27-32(48)33(49)36-40(27,5)14-11-26-39(4)13-10-22(43)29(45)28(39)23(44)16-41(26,36)50/h19-38,42-50H,8-18H2,1-7H3. The molecule has 22 unspecified atom stereocenters. The van der Waals surface area contributed by atoms with Crippen LogP contribution < -0.4 is 0 Å². The van der Waals surface area contributed by atoms with Crippen molar-refractivity contribution in [1.29, 1.82) is 0 Å². The van der Waals surface area contributed by atoms with Gasteiger partial charge >= 0.3 is 0 Å². The highest BCUT2D eigenvalue weighted by molar-refractivity contribution is 5.22. The summed E-state index contributed by atoms with van der Waals surface area (Å²) in [5.74, 6) is -1.36. The molecule has 0 aromatic rings. The Morgan fingerprint density at radius 1 is 0.750 bits per heavy atom. The zero-order chi connectivity index (χ0) is 41.1. The van der Waals surface area contributed by atoms with E-state index in [1.54, 1.807) is 0 Å². The molecule has 6 fully saturated rings. The first-order valence-corrected chi connectivity index (χ1v) is 21.1. The molecule has 4 saturated carbocycles. The highest BCUT2D eigenvalue weighted by Crippen LogP contribution is 2.70. The third kappa shape index (κ3) is 7.65. The van der Waals surface area contributed by atoms with Crippen molar-refractivity contribution < 1.29 is 74.4 Å². The maximum absolute atomic E-state index is 12.7. The highest BCUT2D eigenvalue weighted by Gasteiger charge is 2.73. The fourth-order valence-corrected chi connectivity index (χ4v) is 13.0. The summed E-state index contributed by atoms with van der Waals surface area (Å²) in [5.41, 5.74) is -2.68. The molecule has 0 aromatic heterocycles. The Labute approximate surface area is 331 Å². The van der Waals surface area contributed by atoms with Crippen LogP contribution in [0, 0.1) is 52.3 Å². The van der Waals surface area contributed by atoms with Crippen molar-refractivity contribution in [2.45, 2.75) is 171 Å². The van der Waals surface area contributed by atoms with Crippen molar-refractivity contribution in [2.75, 3.05) is 34.0 Å². The molecule has 6 rings (SSSR count). The van der Waals surface area contributed by atoms with Crippen molar-refractivity contribution in [2.24, 2.45) is 52.3 Å². The number of aliphatic hydroxyl groups is 9. The number of methoxy groups -OCH3 is 2. The molecule has 2 saturated heterocycles. The van der Waals surface area contributed by atoms with Crippen molar-refractivity contribution in [1.82, 2.24) is 0 Å². The van der Waals surface area contributed by atoms with E-state index in [-0.39, 0.29) is 49.2 Å². The van der Waals surface area contributed by atoms with Gasteiger partial charge in [-0.2, -0.15) is 0 Å². The Hall–Kier alpha value is -0.600. The van der Waals surface area contributed by atoms with Gasteiger partial charge in [-0.05, 0) is 78.9 Å². The van der Waals surface area contributed by atoms with E-state index < -0.39 is 115 Å². The Bertz CT molecular complexity index is 1290. The lowest BCUT2D eigenvalue weighted by Crippen LogP contribution is -2.71. The van der Waals surface area contributed by atoms with Gasteiger partial charge in [0, 0.05) is 32.5 Å². The second-order valence-corrected chi connectivity index (χ2v) is 19.2. The summed E-state index contributed by atoms with van der Waals surface area (Å²) in [6.45, 7) is 10.4. The van der Waals surface area contributed by atoms with E-state index in [1.165, 1.54) is 14.2 Å². The van der Waals surface area contributed by atoms with Gasteiger partial charge in [0.2, 0.25) is 0 Å². The van der Waals surface area contributed by atoms with Crippen LogP contribution in [0.25, 0.3) is 0 Å². The lowest BCUT2D eigenvalue weighted by atomic mass is 9.41. The molecule has 2 heterocycles. The van der Waals surface area contributed by atoms with Gasteiger partial charge in [-0.1, -0.05) is 41.0 Å². The first-order chi connectivity index (χ1) is 26.4.